The van der Waals surface area contributed by atoms with E-state index in [2.05, 4.69) is 20.3 Å². The monoisotopic (exact) mass is 261 g/mol. The minimum atomic E-state index is -0.268. The lowest BCUT2D eigenvalue weighted by Gasteiger charge is -2.12. The number of hydrogen-bond acceptors (Lipinski definition) is 5. The number of nitrogens with zero attached hydrogens (tertiary/aromatic N) is 4. The average Bonchev–Trinajstić information content (AvgIpc) is 2.41. The van der Waals surface area contributed by atoms with Gasteiger partial charge in [-0.25, -0.2) is 4.39 Å². The number of hydrogen-bond donors (Lipinski definition) is 1. The molecule has 6 heteroatoms. The first kappa shape index (κ1) is 13.2. The van der Waals surface area contributed by atoms with E-state index in [0.717, 1.165) is 0 Å². The highest BCUT2D eigenvalue weighted by molar-refractivity contribution is 5.58. The SMILES string of the molecule is CNc1nc(-c2ccc(C)c(F)c2)nc(N(C)C)n1. The van der Waals surface area contributed by atoms with Gasteiger partial charge in [0.25, 0.3) is 0 Å². The summed E-state index contributed by atoms with van der Waals surface area (Å²) in [4.78, 5) is 14.6. The predicted molar refractivity (Wildman–Crippen MR) is 73.8 cm³/mol. The van der Waals surface area contributed by atoms with Crippen molar-refractivity contribution in [3.05, 3.63) is 29.6 Å². The molecule has 0 bridgehead atoms. The molecule has 100 valence electrons. The van der Waals surface area contributed by atoms with Crippen LogP contribution in [0.15, 0.2) is 18.2 Å². The normalized spacial score (nSPS) is 10.4. The van der Waals surface area contributed by atoms with Gasteiger partial charge in [-0.2, -0.15) is 15.0 Å². The van der Waals surface area contributed by atoms with E-state index in [1.807, 2.05) is 14.1 Å². The Labute approximate surface area is 111 Å². The van der Waals surface area contributed by atoms with Crippen LogP contribution in [0, 0.1) is 12.7 Å². The minimum Gasteiger partial charge on any atom is -0.357 e. The van der Waals surface area contributed by atoms with Crippen molar-refractivity contribution in [1.82, 2.24) is 15.0 Å². The van der Waals surface area contributed by atoms with E-state index >= 15 is 0 Å². The molecule has 1 aromatic heterocycles. The van der Waals surface area contributed by atoms with Gasteiger partial charge >= 0.3 is 0 Å². The van der Waals surface area contributed by atoms with Crippen LogP contribution in [0.25, 0.3) is 11.4 Å². The fourth-order valence-corrected chi connectivity index (χ4v) is 1.54. The maximum Gasteiger partial charge on any atom is 0.230 e. The second-order valence-electron chi connectivity index (χ2n) is 4.39. The standard InChI is InChI=1S/C13H16FN5/c1-8-5-6-9(7-10(8)14)11-16-12(15-2)18-13(17-11)19(3)4/h5-7H,1-4H3,(H,15,16,17,18). The molecule has 0 amide bonds. The molecular weight excluding hydrogens is 245 g/mol. The number of nitrogens with one attached hydrogen (secondary N) is 1. The van der Waals surface area contributed by atoms with E-state index in [4.69, 9.17) is 0 Å². The molecule has 2 rings (SSSR count). The summed E-state index contributed by atoms with van der Waals surface area (Å²) in [5.41, 5.74) is 1.23. The maximum atomic E-state index is 13.6. The van der Waals surface area contributed by atoms with Crippen LogP contribution in [0.1, 0.15) is 5.56 Å². The number of aryl methyl sites for hydroxylation is 1. The van der Waals surface area contributed by atoms with Crippen LogP contribution in [-0.4, -0.2) is 36.1 Å². The number of benzene rings is 1. The molecule has 1 aromatic carbocycles. The molecule has 0 saturated carbocycles. The molecule has 0 spiro atoms. The smallest absolute Gasteiger partial charge is 0.230 e. The molecule has 0 radical (unpaired) electrons. The van der Waals surface area contributed by atoms with Crippen molar-refractivity contribution in [2.75, 3.05) is 31.4 Å². The second kappa shape index (κ2) is 5.17. The van der Waals surface area contributed by atoms with Gasteiger partial charge in [-0.3, -0.25) is 0 Å². The van der Waals surface area contributed by atoms with Crippen LogP contribution in [0.2, 0.25) is 0 Å². The van der Waals surface area contributed by atoms with Crippen molar-refractivity contribution < 1.29 is 4.39 Å². The van der Waals surface area contributed by atoms with E-state index in [-0.39, 0.29) is 5.82 Å². The Hall–Kier alpha value is -2.24. The third-order valence-electron chi connectivity index (χ3n) is 2.68. The van der Waals surface area contributed by atoms with Gasteiger partial charge in [0.15, 0.2) is 5.82 Å². The Balaban J connectivity index is 2.54. The third kappa shape index (κ3) is 2.78. The molecule has 19 heavy (non-hydrogen) atoms. The first-order valence-corrected chi connectivity index (χ1v) is 5.89. The molecule has 0 aliphatic heterocycles. The highest BCUT2D eigenvalue weighted by atomic mass is 19.1. The highest BCUT2D eigenvalue weighted by Crippen LogP contribution is 2.21. The Morgan fingerprint density at radius 1 is 1.16 bits per heavy atom. The number of halogens is 1. The lowest BCUT2D eigenvalue weighted by Crippen LogP contribution is -2.15. The topological polar surface area (TPSA) is 53.9 Å². The molecule has 0 aliphatic carbocycles. The van der Waals surface area contributed by atoms with Crippen molar-refractivity contribution in [1.29, 1.82) is 0 Å². The van der Waals surface area contributed by atoms with Crippen molar-refractivity contribution in [2.24, 2.45) is 0 Å². The number of anilines is 2. The highest BCUT2D eigenvalue weighted by Gasteiger charge is 2.10. The molecule has 1 N–H and O–H groups in total. The zero-order valence-electron chi connectivity index (χ0n) is 11.4. The Morgan fingerprint density at radius 3 is 2.47 bits per heavy atom. The third-order valence-corrected chi connectivity index (χ3v) is 2.68. The van der Waals surface area contributed by atoms with Crippen LogP contribution < -0.4 is 10.2 Å². The molecule has 0 saturated heterocycles. The van der Waals surface area contributed by atoms with E-state index in [1.54, 1.807) is 31.0 Å². The van der Waals surface area contributed by atoms with Crippen molar-refractivity contribution in [3.63, 3.8) is 0 Å². The summed E-state index contributed by atoms with van der Waals surface area (Å²) in [7, 11) is 5.41. The van der Waals surface area contributed by atoms with E-state index in [1.165, 1.54) is 6.07 Å². The van der Waals surface area contributed by atoms with Gasteiger partial charge in [-0.15, -0.1) is 0 Å². The van der Waals surface area contributed by atoms with Gasteiger partial charge < -0.3 is 10.2 Å². The van der Waals surface area contributed by atoms with Gasteiger partial charge in [0, 0.05) is 26.7 Å². The first-order valence-electron chi connectivity index (χ1n) is 5.89. The Kier molecular flexibility index (Phi) is 3.59. The predicted octanol–water partition coefficient (Wildman–Crippen LogP) is 2.09. The van der Waals surface area contributed by atoms with Gasteiger partial charge in [-0.05, 0) is 18.6 Å². The largest absolute Gasteiger partial charge is 0.357 e. The summed E-state index contributed by atoms with van der Waals surface area (Å²) in [6, 6.07) is 4.94. The van der Waals surface area contributed by atoms with Crippen LogP contribution in [0.5, 0.6) is 0 Å². The van der Waals surface area contributed by atoms with E-state index < -0.39 is 0 Å². The molecule has 1 heterocycles. The van der Waals surface area contributed by atoms with Crippen LogP contribution in [0.3, 0.4) is 0 Å². The summed E-state index contributed by atoms with van der Waals surface area (Å²) in [6.07, 6.45) is 0. The van der Waals surface area contributed by atoms with Gasteiger partial charge in [0.2, 0.25) is 11.9 Å². The van der Waals surface area contributed by atoms with Gasteiger partial charge in [-0.1, -0.05) is 12.1 Å². The zero-order valence-corrected chi connectivity index (χ0v) is 11.4. The summed E-state index contributed by atoms with van der Waals surface area (Å²) in [6.45, 7) is 1.72. The van der Waals surface area contributed by atoms with Crippen molar-refractivity contribution in [3.8, 4) is 11.4 Å². The summed E-state index contributed by atoms with van der Waals surface area (Å²) >= 11 is 0. The molecule has 0 aliphatic rings. The molecular formula is C13H16FN5. The van der Waals surface area contributed by atoms with Crippen molar-refractivity contribution >= 4 is 11.9 Å². The molecule has 2 aromatic rings. The van der Waals surface area contributed by atoms with E-state index in [9.17, 15) is 4.39 Å². The zero-order chi connectivity index (χ0) is 14.0. The number of aromatic nitrogens is 3. The molecule has 0 unspecified atom stereocenters. The fraction of sp³-hybridized carbons (Fsp3) is 0.308. The lowest BCUT2D eigenvalue weighted by molar-refractivity contribution is 0.619. The van der Waals surface area contributed by atoms with E-state index in [0.29, 0.717) is 28.8 Å². The van der Waals surface area contributed by atoms with Crippen LogP contribution in [0.4, 0.5) is 16.3 Å². The molecule has 0 fully saturated rings. The Bertz CT molecular complexity index is 598. The van der Waals surface area contributed by atoms with Gasteiger partial charge in [0.05, 0.1) is 0 Å². The summed E-state index contributed by atoms with van der Waals surface area (Å²) < 4.78 is 13.6. The Morgan fingerprint density at radius 2 is 1.89 bits per heavy atom. The second-order valence-corrected chi connectivity index (χ2v) is 4.39. The quantitative estimate of drug-likeness (QED) is 0.917. The average molecular weight is 261 g/mol. The van der Waals surface area contributed by atoms with Gasteiger partial charge in [0.1, 0.15) is 5.82 Å². The summed E-state index contributed by atoms with van der Waals surface area (Å²) in [5.74, 6) is 1.15. The van der Waals surface area contributed by atoms with Crippen LogP contribution in [-0.2, 0) is 0 Å². The minimum absolute atomic E-state index is 0.268. The maximum absolute atomic E-state index is 13.6. The molecule has 0 atom stereocenters. The lowest BCUT2D eigenvalue weighted by atomic mass is 10.1. The summed E-state index contributed by atoms with van der Waals surface area (Å²) in [5, 5.41) is 2.88. The van der Waals surface area contributed by atoms with Crippen molar-refractivity contribution in [2.45, 2.75) is 6.92 Å². The van der Waals surface area contributed by atoms with Crippen LogP contribution >= 0.6 is 0 Å². The number of rotatable bonds is 3. The first-order chi connectivity index (χ1) is 9.01. The fourth-order valence-electron chi connectivity index (χ4n) is 1.54. The molecule has 5 nitrogen and oxygen atoms in total.